The van der Waals surface area contributed by atoms with E-state index in [-0.39, 0.29) is 11.5 Å². The Morgan fingerprint density at radius 1 is 1.24 bits per heavy atom. The van der Waals surface area contributed by atoms with E-state index >= 15 is 0 Å². The van der Waals surface area contributed by atoms with Gasteiger partial charge in [-0.05, 0) is 12.5 Å². The van der Waals surface area contributed by atoms with E-state index in [9.17, 15) is 10.2 Å². The maximum Gasteiger partial charge on any atom is 0.161 e. The second kappa shape index (κ2) is 7.92. The van der Waals surface area contributed by atoms with Gasteiger partial charge in [-0.15, -0.1) is 0 Å². The molecule has 0 saturated carbocycles. The molecule has 4 heteroatoms. The molecule has 0 unspecified atom stereocenters. The van der Waals surface area contributed by atoms with Gasteiger partial charge in [0.1, 0.15) is 0 Å². The first kappa shape index (κ1) is 13.8. The Morgan fingerprint density at radius 2 is 2.06 bits per heavy atom. The van der Waals surface area contributed by atoms with Crippen molar-refractivity contribution in [3.63, 3.8) is 0 Å². The lowest BCUT2D eigenvalue weighted by molar-refractivity contribution is 0.133. The number of hydrogen-bond donors (Lipinski definition) is 3. The van der Waals surface area contributed by atoms with Crippen molar-refractivity contribution in [1.29, 1.82) is 0 Å². The number of phenolic OH excluding ortho intramolecular Hbond substituents is 2. The van der Waals surface area contributed by atoms with Gasteiger partial charge in [0.05, 0.1) is 6.61 Å². The van der Waals surface area contributed by atoms with Crippen molar-refractivity contribution >= 4 is 0 Å². The van der Waals surface area contributed by atoms with Crippen molar-refractivity contribution in [3.05, 3.63) is 23.8 Å². The molecule has 4 nitrogen and oxygen atoms in total. The third-order valence-electron chi connectivity index (χ3n) is 2.48. The number of unbranched alkanes of at least 4 members (excludes halogenated alkanes) is 1. The molecule has 0 spiro atoms. The molecule has 96 valence electrons. The summed E-state index contributed by atoms with van der Waals surface area (Å²) < 4.78 is 5.39. The zero-order valence-electron chi connectivity index (χ0n) is 10.3. The predicted molar refractivity (Wildman–Crippen MR) is 67.2 cm³/mol. The van der Waals surface area contributed by atoms with E-state index in [1.54, 1.807) is 12.1 Å². The normalized spacial score (nSPS) is 10.6. The molecule has 0 radical (unpaired) electrons. The van der Waals surface area contributed by atoms with Gasteiger partial charge >= 0.3 is 0 Å². The average molecular weight is 239 g/mol. The molecule has 0 bridgehead atoms. The summed E-state index contributed by atoms with van der Waals surface area (Å²) in [6.45, 7) is 4.86. The van der Waals surface area contributed by atoms with Gasteiger partial charge in [-0.25, -0.2) is 0 Å². The van der Waals surface area contributed by atoms with Gasteiger partial charge < -0.3 is 20.3 Å². The summed E-state index contributed by atoms with van der Waals surface area (Å²) in [7, 11) is 0. The van der Waals surface area contributed by atoms with Crippen LogP contribution in [-0.4, -0.2) is 30.0 Å². The second-order valence-electron chi connectivity index (χ2n) is 3.93. The van der Waals surface area contributed by atoms with Crippen molar-refractivity contribution in [1.82, 2.24) is 5.32 Å². The Bertz CT molecular complexity index is 328. The van der Waals surface area contributed by atoms with Crippen molar-refractivity contribution in [2.45, 2.75) is 26.3 Å². The second-order valence-corrected chi connectivity index (χ2v) is 3.93. The number of rotatable bonds is 8. The highest BCUT2D eigenvalue weighted by atomic mass is 16.5. The minimum Gasteiger partial charge on any atom is -0.504 e. The molecular weight excluding hydrogens is 218 g/mol. The molecule has 0 saturated heterocycles. The first-order chi connectivity index (χ1) is 8.25. The number of benzene rings is 1. The molecule has 17 heavy (non-hydrogen) atoms. The van der Waals surface area contributed by atoms with Crippen LogP contribution in [0, 0.1) is 0 Å². The van der Waals surface area contributed by atoms with Crippen molar-refractivity contribution < 1.29 is 14.9 Å². The van der Waals surface area contributed by atoms with Crippen LogP contribution in [0.15, 0.2) is 18.2 Å². The Morgan fingerprint density at radius 3 is 2.82 bits per heavy atom. The maximum absolute atomic E-state index is 9.55. The number of ether oxygens (including phenoxy) is 1. The van der Waals surface area contributed by atoms with Gasteiger partial charge in [0.25, 0.3) is 0 Å². The largest absolute Gasteiger partial charge is 0.504 e. The van der Waals surface area contributed by atoms with E-state index in [0.29, 0.717) is 18.7 Å². The quantitative estimate of drug-likeness (QED) is 0.479. The Labute approximate surface area is 102 Å². The van der Waals surface area contributed by atoms with Crippen LogP contribution in [0.5, 0.6) is 11.5 Å². The molecule has 0 aliphatic heterocycles. The van der Waals surface area contributed by atoms with Gasteiger partial charge in [0, 0.05) is 25.3 Å². The van der Waals surface area contributed by atoms with Crippen LogP contribution < -0.4 is 5.32 Å². The van der Waals surface area contributed by atoms with Crippen LogP contribution in [0.25, 0.3) is 0 Å². The van der Waals surface area contributed by atoms with E-state index in [0.717, 1.165) is 26.0 Å². The summed E-state index contributed by atoms with van der Waals surface area (Å²) in [5.41, 5.74) is 0.693. The van der Waals surface area contributed by atoms with E-state index < -0.39 is 0 Å². The third-order valence-corrected chi connectivity index (χ3v) is 2.48. The van der Waals surface area contributed by atoms with Crippen molar-refractivity contribution in [2.75, 3.05) is 19.8 Å². The lowest BCUT2D eigenvalue weighted by Gasteiger charge is -2.08. The summed E-state index contributed by atoms with van der Waals surface area (Å²) in [5.74, 6) is -0.129. The van der Waals surface area contributed by atoms with Crippen LogP contribution in [0.1, 0.15) is 25.3 Å². The highest BCUT2D eigenvalue weighted by molar-refractivity contribution is 5.44. The smallest absolute Gasteiger partial charge is 0.161 e. The van der Waals surface area contributed by atoms with Crippen molar-refractivity contribution in [2.24, 2.45) is 0 Å². The summed E-state index contributed by atoms with van der Waals surface area (Å²) in [6.07, 6.45) is 2.23. The van der Waals surface area contributed by atoms with Crippen LogP contribution in [0.4, 0.5) is 0 Å². The number of nitrogens with one attached hydrogen (secondary N) is 1. The van der Waals surface area contributed by atoms with E-state index in [4.69, 9.17) is 4.74 Å². The number of para-hydroxylation sites is 1. The molecule has 0 heterocycles. The summed E-state index contributed by atoms with van der Waals surface area (Å²) in [6, 6.07) is 4.95. The SMILES string of the molecule is CCCCOCCNCc1cccc(O)c1O. The fourth-order valence-corrected chi connectivity index (χ4v) is 1.44. The van der Waals surface area contributed by atoms with Crippen molar-refractivity contribution in [3.8, 4) is 11.5 Å². The summed E-state index contributed by atoms with van der Waals surface area (Å²) in [5, 5.41) is 22.0. The average Bonchev–Trinajstić information content (AvgIpc) is 2.33. The molecule has 0 fully saturated rings. The van der Waals surface area contributed by atoms with E-state index in [2.05, 4.69) is 12.2 Å². The van der Waals surface area contributed by atoms with Crippen LogP contribution in [0.3, 0.4) is 0 Å². The maximum atomic E-state index is 9.55. The van der Waals surface area contributed by atoms with Gasteiger partial charge in [-0.3, -0.25) is 0 Å². The monoisotopic (exact) mass is 239 g/mol. The van der Waals surface area contributed by atoms with Crippen LogP contribution in [-0.2, 0) is 11.3 Å². The molecular formula is C13H21NO3. The number of phenols is 2. The zero-order valence-corrected chi connectivity index (χ0v) is 10.3. The Kier molecular flexibility index (Phi) is 6.43. The fraction of sp³-hybridized carbons (Fsp3) is 0.538. The highest BCUT2D eigenvalue weighted by Crippen LogP contribution is 2.27. The molecule has 1 aromatic carbocycles. The van der Waals surface area contributed by atoms with Gasteiger partial charge in [-0.1, -0.05) is 25.5 Å². The molecule has 0 amide bonds. The third kappa shape index (κ3) is 5.06. The lowest BCUT2D eigenvalue weighted by atomic mass is 10.2. The Balaban J connectivity index is 2.16. The highest BCUT2D eigenvalue weighted by Gasteiger charge is 2.04. The molecule has 0 atom stereocenters. The van der Waals surface area contributed by atoms with Gasteiger partial charge in [0.15, 0.2) is 11.5 Å². The Hall–Kier alpha value is -1.26. The van der Waals surface area contributed by atoms with E-state index in [1.807, 2.05) is 0 Å². The minimum atomic E-state index is -0.0801. The minimum absolute atomic E-state index is 0.0492. The fourth-order valence-electron chi connectivity index (χ4n) is 1.44. The molecule has 0 aliphatic rings. The number of hydrogen-bond acceptors (Lipinski definition) is 4. The topological polar surface area (TPSA) is 61.7 Å². The van der Waals surface area contributed by atoms with Crippen LogP contribution >= 0.6 is 0 Å². The van der Waals surface area contributed by atoms with E-state index in [1.165, 1.54) is 6.07 Å². The first-order valence-corrected chi connectivity index (χ1v) is 6.04. The predicted octanol–water partition coefficient (Wildman–Crippen LogP) is 2.00. The zero-order chi connectivity index (χ0) is 12.5. The summed E-state index contributed by atoms with van der Waals surface area (Å²) >= 11 is 0. The number of aromatic hydroxyl groups is 2. The van der Waals surface area contributed by atoms with Gasteiger partial charge in [-0.2, -0.15) is 0 Å². The first-order valence-electron chi connectivity index (χ1n) is 6.04. The lowest BCUT2D eigenvalue weighted by Crippen LogP contribution is -2.19. The molecule has 1 aromatic rings. The summed E-state index contributed by atoms with van der Waals surface area (Å²) in [4.78, 5) is 0. The van der Waals surface area contributed by atoms with Gasteiger partial charge in [0.2, 0.25) is 0 Å². The molecule has 0 aromatic heterocycles. The van der Waals surface area contributed by atoms with Crippen LogP contribution in [0.2, 0.25) is 0 Å². The molecule has 3 N–H and O–H groups in total. The standard InChI is InChI=1S/C13H21NO3/c1-2-3-8-17-9-7-14-10-11-5-4-6-12(15)13(11)16/h4-6,14-16H,2-3,7-10H2,1H3. The molecule has 1 rings (SSSR count). The molecule has 0 aliphatic carbocycles.